The monoisotopic (exact) mass is 239 g/mol. The first-order valence-electron chi connectivity index (χ1n) is 5.75. The lowest BCUT2D eigenvalue weighted by Crippen LogP contribution is -2.31. The lowest BCUT2D eigenvalue weighted by Gasteiger charge is -2.23. The zero-order valence-electron chi connectivity index (χ0n) is 10.5. The van der Waals surface area contributed by atoms with Gasteiger partial charge in [-0.15, -0.1) is 0 Å². The van der Waals surface area contributed by atoms with Crippen molar-refractivity contribution in [3.8, 4) is 0 Å². The highest BCUT2D eigenvalue weighted by atomic mass is 16.5. The van der Waals surface area contributed by atoms with E-state index in [1.165, 1.54) is 0 Å². The second kappa shape index (κ2) is 7.21. The molecule has 0 aliphatic heterocycles. The van der Waals surface area contributed by atoms with Crippen molar-refractivity contribution in [1.82, 2.24) is 4.98 Å². The minimum absolute atomic E-state index is 0.0184. The minimum atomic E-state index is -0.0184. The molecule has 3 N–H and O–H groups in total. The van der Waals surface area contributed by atoms with Crippen LogP contribution in [0.25, 0.3) is 0 Å². The number of aliphatic hydroxyl groups excluding tert-OH is 1. The van der Waals surface area contributed by atoms with Crippen LogP contribution in [0, 0.1) is 0 Å². The standard InChI is InChI=1S/C12H21N3O2/c1-10(13)11-3-4-14-12(9-11)15(5-7-16)6-8-17-2/h3-4,9-10,16H,5-8,13H2,1-2H3/t10-/m1/s1. The molecule has 0 saturated heterocycles. The highest BCUT2D eigenvalue weighted by Crippen LogP contribution is 2.16. The highest BCUT2D eigenvalue weighted by molar-refractivity contribution is 5.41. The number of anilines is 1. The molecule has 0 saturated carbocycles. The third-order valence-corrected chi connectivity index (χ3v) is 2.55. The molecule has 1 heterocycles. The molecule has 1 aromatic heterocycles. The molecule has 0 aliphatic carbocycles. The Morgan fingerprint density at radius 3 is 2.88 bits per heavy atom. The van der Waals surface area contributed by atoms with Crippen LogP contribution in [-0.4, -0.2) is 43.5 Å². The first kappa shape index (κ1) is 13.9. The van der Waals surface area contributed by atoms with Gasteiger partial charge in [0.15, 0.2) is 0 Å². The maximum Gasteiger partial charge on any atom is 0.128 e. The molecule has 96 valence electrons. The average Bonchev–Trinajstić information content (AvgIpc) is 2.34. The van der Waals surface area contributed by atoms with E-state index in [-0.39, 0.29) is 12.6 Å². The predicted molar refractivity (Wildman–Crippen MR) is 68.0 cm³/mol. The molecule has 0 radical (unpaired) electrons. The number of hydrogen-bond donors (Lipinski definition) is 2. The molecule has 0 bridgehead atoms. The summed E-state index contributed by atoms with van der Waals surface area (Å²) in [6, 6.07) is 3.84. The van der Waals surface area contributed by atoms with Gasteiger partial charge in [0, 0.05) is 32.4 Å². The van der Waals surface area contributed by atoms with Gasteiger partial charge in [-0.3, -0.25) is 0 Å². The molecule has 1 atom stereocenters. The molecule has 1 aromatic rings. The van der Waals surface area contributed by atoms with Crippen LogP contribution in [-0.2, 0) is 4.74 Å². The summed E-state index contributed by atoms with van der Waals surface area (Å²) in [5, 5.41) is 9.04. The fourth-order valence-electron chi connectivity index (χ4n) is 1.55. The normalized spacial score (nSPS) is 12.5. The molecular weight excluding hydrogens is 218 g/mol. The number of nitrogens with two attached hydrogens (primary N) is 1. The SMILES string of the molecule is COCCN(CCO)c1cc([C@@H](C)N)ccn1. The number of rotatable bonds is 7. The van der Waals surface area contributed by atoms with E-state index >= 15 is 0 Å². The summed E-state index contributed by atoms with van der Waals surface area (Å²) in [6.07, 6.45) is 1.74. The molecule has 17 heavy (non-hydrogen) atoms. The van der Waals surface area contributed by atoms with Gasteiger partial charge in [-0.05, 0) is 24.6 Å². The second-order valence-corrected chi connectivity index (χ2v) is 3.94. The Kier molecular flexibility index (Phi) is 5.90. The van der Waals surface area contributed by atoms with Crippen LogP contribution < -0.4 is 10.6 Å². The number of methoxy groups -OCH3 is 1. The van der Waals surface area contributed by atoms with Crippen LogP contribution in [0.2, 0.25) is 0 Å². The summed E-state index contributed by atoms with van der Waals surface area (Å²) in [5.74, 6) is 0.825. The summed E-state index contributed by atoms with van der Waals surface area (Å²) in [4.78, 5) is 6.28. The van der Waals surface area contributed by atoms with Crippen molar-refractivity contribution >= 4 is 5.82 Å². The van der Waals surface area contributed by atoms with Gasteiger partial charge in [0.2, 0.25) is 0 Å². The molecule has 0 unspecified atom stereocenters. The third-order valence-electron chi connectivity index (χ3n) is 2.55. The second-order valence-electron chi connectivity index (χ2n) is 3.94. The van der Waals surface area contributed by atoms with E-state index in [9.17, 15) is 0 Å². The number of aliphatic hydroxyl groups is 1. The Hall–Kier alpha value is -1.17. The lowest BCUT2D eigenvalue weighted by atomic mass is 10.1. The number of hydrogen-bond acceptors (Lipinski definition) is 5. The lowest BCUT2D eigenvalue weighted by molar-refractivity contribution is 0.202. The van der Waals surface area contributed by atoms with E-state index in [2.05, 4.69) is 4.98 Å². The van der Waals surface area contributed by atoms with Gasteiger partial charge in [-0.1, -0.05) is 0 Å². The fraction of sp³-hybridized carbons (Fsp3) is 0.583. The number of pyridine rings is 1. The Morgan fingerprint density at radius 1 is 1.53 bits per heavy atom. The summed E-state index contributed by atoms with van der Waals surface area (Å²) < 4.78 is 5.04. The molecule has 0 fully saturated rings. The maximum atomic E-state index is 9.04. The average molecular weight is 239 g/mol. The highest BCUT2D eigenvalue weighted by Gasteiger charge is 2.09. The van der Waals surface area contributed by atoms with Gasteiger partial charge in [0.05, 0.1) is 13.2 Å². The number of ether oxygens (including phenoxy) is 1. The Labute approximate surface area is 102 Å². The van der Waals surface area contributed by atoms with Crippen molar-refractivity contribution in [3.05, 3.63) is 23.9 Å². The molecule has 0 aliphatic rings. The van der Waals surface area contributed by atoms with Crippen LogP contribution in [0.1, 0.15) is 18.5 Å². The molecular formula is C12H21N3O2. The van der Waals surface area contributed by atoms with Crippen molar-refractivity contribution in [2.45, 2.75) is 13.0 Å². The molecule has 0 amide bonds. The fourth-order valence-corrected chi connectivity index (χ4v) is 1.55. The topological polar surface area (TPSA) is 71.6 Å². The van der Waals surface area contributed by atoms with Gasteiger partial charge >= 0.3 is 0 Å². The predicted octanol–water partition coefficient (Wildman–Crippen LogP) is 0.546. The van der Waals surface area contributed by atoms with Crippen LogP contribution in [0.15, 0.2) is 18.3 Å². The van der Waals surface area contributed by atoms with Gasteiger partial charge in [0.25, 0.3) is 0 Å². The molecule has 1 rings (SSSR count). The first-order chi connectivity index (χ1) is 8.19. The Morgan fingerprint density at radius 2 is 2.29 bits per heavy atom. The largest absolute Gasteiger partial charge is 0.395 e. The van der Waals surface area contributed by atoms with E-state index in [0.29, 0.717) is 19.7 Å². The van der Waals surface area contributed by atoms with Crippen LogP contribution >= 0.6 is 0 Å². The van der Waals surface area contributed by atoms with E-state index in [0.717, 1.165) is 11.4 Å². The van der Waals surface area contributed by atoms with Crippen molar-refractivity contribution in [3.63, 3.8) is 0 Å². The van der Waals surface area contributed by atoms with Crippen molar-refractivity contribution in [2.75, 3.05) is 38.3 Å². The van der Waals surface area contributed by atoms with Gasteiger partial charge in [0.1, 0.15) is 5.82 Å². The minimum Gasteiger partial charge on any atom is -0.395 e. The number of aromatic nitrogens is 1. The van der Waals surface area contributed by atoms with Crippen molar-refractivity contribution in [1.29, 1.82) is 0 Å². The zero-order valence-corrected chi connectivity index (χ0v) is 10.5. The quantitative estimate of drug-likeness (QED) is 0.727. The van der Waals surface area contributed by atoms with Crippen LogP contribution in [0.5, 0.6) is 0 Å². The van der Waals surface area contributed by atoms with Gasteiger partial charge in [-0.25, -0.2) is 4.98 Å². The Balaban J connectivity index is 2.81. The van der Waals surface area contributed by atoms with Crippen LogP contribution in [0.4, 0.5) is 5.82 Å². The van der Waals surface area contributed by atoms with E-state index < -0.39 is 0 Å². The number of nitrogens with zero attached hydrogens (tertiary/aromatic N) is 2. The van der Waals surface area contributed by atoms with E-state index in [4.69, 9.17) is 15.6 Å². The third kappa shape index (κ3) is 4.30. The van der Waals surface area contributed by atoms with E-state index in [1.54, 1.807) is 13.3 Å². The zero-order chi connectivity index (χ0) is 12.7. The summed E-state index contributed by atoms with van der Waals surface area (Å²) in [5.41, 5.74) is 6.87. The van der Waals surface area contributed by atoms with Crippen LogP contribution in [0.3, 0.4) is 0 Å². The first-order valence-corrected chi connectivity index (χ1v) is 5.75. The van der Waals surface area contributed by atoms with E-state index in [1.807, 2.05) is 24.0 Å². The van der Waals surface area contributed by atoms with Crippen molar-refractivity contribution < 1.29 is 9.84 Å². The Bertz CT molecular complexity index is 331. The van der Waals surface area contributed by atoms with Gasteiger partial charge < -0.3 is 20.5 Å². The smallest absolute Gasteiger partial charge is 0.128 e. The summed E-state index contributed by atoms with van der Waals surface area (Å²) >= 11 is 0. The maximum absolute atomic E-state index is 9.04. The molecule has 0 spiro atoms. The summed E-state index contributed by atoms with van der Waals surface area (Å²) in [7, 11) is 1.66. The van der Waals surface area contributed by atoms with Crippen molar-refractivity contribution in [2.24, 2.45) is 5.73 Å². The molecule has 5 nitrogen and oxygen atoms in total. The summed E-state index contributed by atoms with van der Waals surface area (Å²) in [6.45, 7) is 3.87. The molecule has 5 heteroatoms. The van der Waals surface area contributed by atoms with Gasteiger partial charge in [-0.2, -0.15) is 0 Å². The molecule has 0 aromatic carbocycles.